The maximum atomic E-state index is 9.01. The number of imidazole rings is 1. The van der Waals surface area contributed by atoms with Crippen LogP contribution in [0.5, 0.6) is 0 Å². The number of rotatable bonds is 6. The molecule has 0 aliphatic carbocycles. The number of nitrogens with one attached hydrogen (secondary N) is 2. The molecule has 0 saturated carbocycles. The number of fused-ring (bicyclic) bond motifs is 1. The third-order valence-corrected chi connectivity index (χ3v) is 3.17. The monoisotopic (exact) mass is 298 g/mol. The van der Waals surface area contributed by atoms with Crippen LogP contribution in [0.3, 0.4) is 0 Å². The van der Waals surface area contributed by atoms with Gasteiger partial charge in [0, 0.05) is 18.8 Å². The van der Waals surface area contributed by atoms with Crippen LogP contribution in [-0.4, -0.2) is 44.3 Å². The number of aliphatic hydroxyl groups is 1. The summed E-state index contributed by atoms with van der Waals surface area (Å²) >= 11 is 0. The Kier molecular flexibility index (Phi) is 4.15. The number of para-hydroxylation sites is 1. The van der Waals surface area contributed by atoms with E-state index in [1.165, 1.54) is 0 Å². The largest absolute Gasteiger partial charge is 0.395 e. The Morgan fingerprint density at radius 1 is 1.14 bits per heavy atom. The molecule has 22 heavy (non-hydrogen) atoms. The zero-order valence-corrected chi connectivity index (χ0v) is 12.3. The smallest absolute Gasteiger partial charge is 0.226 e. The van der Waals surface area contributed by atoms with Crippen molar-refractivity contribution in [3.8, 4) is 5.69 Å². The van der Waals surface area contributed by atoms with Crippen LogP contribution in [0.1, 0.15) is 6.92 Å². The Morgan fingerprint density at radius 2 is 1.95 bits per heavy atom. The molecule has 0 aliphatic rings. The van der Waals surface area contributed by atoms with Crippen LogP contribution < -0.4 is 10.6 Å². The van der Waals surface area contributed by atoms with Gasteiger partial charge in [-0.1, -0.05) is 18.2 Å². The van der Waals surface area contributed by atoms with Crippen molar-refractivity contribution in [2.75, 3.05) is 30.3 Å². The number of anilines is 2. The van der Waals surface area contributed by atoms with E-state index in [4.69, 9.17) is 5.11 Å². The van der Waals surface area contributed by atoms with E-state index in [9.17, 15) is 0 Å². The van der Waals surface area contributed by atoms with Crippen molar-refractivity contribution in [3.63, 3.8) is 0 Å². The molecule has 0 bridgehead atoms. The molecular formula is C15H18N6O. The van der Waals surface area contributed by atoms with Crippen molar-refractivity contribution in [3.05, 3.63) is 36.7 Å². The standard InChI is InChI=1S/C15H18N6O/c1-2-16-15-19-13(17-8-9-22)12-14(20-15)21(10-18-12)11-6-4-3-5-7-11/h3-7,10,22H,2,8-9H2,1H3,(H2,16,17,19,20). The average molecular weight is 298 g/mol. The summed E-state index contributed by atoms with van der Waals surface area (Å²) in [7, 11) is 0. The molecule has 0 radical (unpaired) electrons. The topological polar surface area (TPSA) is 87.9 Å². The van der Waals surface area contributed by atoms with Gasteiger partial charge in [-0.3, -0.25) is 4.57 Å². The van der Waals surface area contributed by atoms with Crippen LogP contribution in [0.15, 0.2) is 36.7 Å². The molecule has 0 spiro atoms. The van der Waals surface area contributed by atoms with Crippen molar-refractivity contribution in [2.45, 2.75) is 6.92 Å². The van der Waals surface area contributed by atoms with E-state index >= 15 is 0 Å². The minimum Gasteiger partial charge on any atom is -0.395 e. The van der Waals surface area contributed by atoms with Crippen LogP contribution in [0.25, 0.3) is 16.9 Å². The molecule has 0 unspecified atom stereocenters. The highest BCUT2D eigenvalue weighted by molar-refractivity contribution is 5.85. The van der Waals surface area contributed by atoms with Crippen molar-refractivity contribution in [2.24, 2.45) is 0 Å². The van der Waals surface area contributed by atoms with Crippen molar-refractivity contribution >= 4 is 22.9 Å². The molecule has 0 atom stereocenters. The molecule has 3 rings (SSSR count). The highest BCUT2D eigenvalue weighted by Gasteiger charge is 2.13. The summed E-state index contributed by atoms with van der Waals surface area (Å²) in [6, 6.07) is 9.90. The predicted molar refractivity (Wildman–Crippen MR) is 86.4 cm³/mol. The molecular weight excluding hydrogens is 280 g/mol. The number of hydrogen-bond donors (Lipinski definition) is 3. The number of nitrogens with zero attached hydrogens (tertiary/aromatic N) is 4. The molecule has 2 heterocycles. The Bertz CT molecular complexity index is 755. The summed E-state index contributed by atoms with van der Waals surface area (Å²) in [6.07, 6.45) is 1.73. The normalized spacial score (nSPS) is 10.8. The molecule has 0 amide bonds. The van der Waals surface area contributed by atoms with Gasteiger partial charge >= 0.3 is 0 Å². The molecule has 1 aromatic carbocycles. The Labute approximate surface area is 128 Å². The van der Waals surface area contributed by atoms with E-state index in [1.807, 2.05) is 41.8 Å². The SMILES string of the molecule is CCNc1nc(NCCO)c2ncn(-c3ccccc3)c2n1. The molecule has 7 heteroatoms. The van der Waals surface area contributed by atoms with Gasteiger partial charge in [-0.25, -0.2) is 4.98 Å². The fraction of sp³-hybridized carbons (Fsp3) is 0.267. The van der Waals surface area contributed by atoms with Gasteiger partial charge in [0.2, 0.25) is 5.95 Å². The van der Waals surface area contributed by atoms with Gasteiger partial charge in [-0.2, -0.15) is 9.97 Å². The van der Waals surface area contributed by atoms with E-state index in [0.29, 0.717) is 23.8 Å². The lowest BCUT2D eigenvalue weighted by molar-refractivity contribution is 0.311. The molecule has 7 nitrogen and oxygen atoms in total. The minimum absolute atomic E-state index is 0.0292. The van der Waals surface area contributed by atoms with Crippen LogP contribution in [0, 0.1) is 0 Å². The van der Waals surface area contributed by atoms with E-state index in [-0.39, 0.29) is 6.61 Å². The van der Waals surface area contributed by atoms with E-state index in [2.05, 4.69) is 25.6 Å². The zero-order chi connectivity index (χ0) is 15.4. The van der Waals surface area contributed by atoms with Gasteiger partial charge in [0.15, 0.2) is 17.0 Å². The first-order valence-electron chi connectivity index (χ1n) is 7.22. The fourth-order valence-corrected chi connectivity index (χ4v) is 2.21. The number of benzene rings is 1. The summed E-state index contributed by atoms with van der Waals surface area (Å²) in [5, 5.41) is 15.2. The van der Waals surface area contributed by atoms with Gasteiger partial charge in [0.25, 0.3) is 0 Å². The zero-order valence-electron chi connectivity index (χ0n) is 12.3. The number of hydrogen-bond acceptors (Lipinski definition) is 6. The second-order valence-electron chi connectivity index (χ2n) is 4.70. The maximum absolute atomic E-state index is 9.01. The van der Waals surface area contributed by atoms with E-state index < -0.39 is 0 Å². The van der Waals surface area contributed by atoms with Crippen LogP contribution in [0.4, 0.5) is 11.8 Å². The van der Waals surface area contributed by atoms with Crippen LogP contribution in [0.2, 0.25) is 0 Å². The molecule has 114 valence electrons. The van der Waals surface area contributed by atoms with Crippen LogP contribution >= 0.6 is 0 Å². The summed E-state index contributed by atoms with van der Waals surface area (Å²) in [5.41, 5.74) is 2.39. The Balaban J connectivity index is 2.13. The second-order valence-corrected chi connectivity index (χ2v) is 4.70. The predicted octanol–water partition coefficient (Wildman–Crippen LogP) is 1.65. The summed E-state index contributed by atoms with van der Waals surface area (Å²) in [5.74, 6) is 1.15. The summed E-state index contributed by atoms with van der Waals surface area (Å²) in [4.78, 5) is 13.4. The number of aliphatic hydroxyl groups excluding tert-OH is 1. The van der Waals surface area contributed by atoms with E-state index in [0.717, 1.165) is 17.9 Å². The van der Waals surface area contributed by atoms with Gasteiger partial charge in [-0.15, -0.1) is 0 Å². The molecule has 2 aromatic heterocycles. The number of aromatic nitrogens is 4. The third-order valence-electron chi connectivity index (χ3n) is 3.17. The lowest BCUT2D eigenvalue weighted by Gasteiger charge is -2.09. The van der Waals surface area contributed by atoms with Gasteiger partial charge in [-0.05, 0) is 19.1 Å². The van der Waals surface area contributed by atoms with Gasteiger partial charge < -0.3 is 15.7 Å². The quantitative estimate of drug-likeness (QED) is 0.641. The van der Waals surface area contributed by atoms with Crippen LogP contribution in [-0.2, 0) is 0 Å². The van der Waals surface area contributed by atoms with Crippen molar-refractivity contribution in [1.29, 1.82) is 0 Å². The minimum atomic E-state index is 0.0292. The highest BCUT2D eigenvalue weighted by Crippen LogP contribution is 2.23. The Morgan fingerprint density at radius 3 is 2.68 bits per heavy atom. The molecule has 0 fully saturated rings. The van der Waals surface area contributed by atoms with Crippen molar-refractivity contribution in [1.82, 2.24) is 19.5 Å². The average Bonchev–Trinajstić information content (AvgIpc) is 2.98. The highest BCUT2D eigenvalue weighted by atomic mass is 16.3. The third kappa shape index (κ3) is 2.71. The summed E-state index contributed by atoms with van der Waals surface area (Å²) in [6.45, 7) is 3.16. The first-order chi connectivity index (χ1) is 10.8. The molecule has 0 saturated heterocycles. The summed E-state index contributed by atoms with van der Waals surface area (Å²) < 4.78 is 1.92. The van der Waals surface area contributed by atoms with Crippen molar-refractivity contribution < 1.29 is 5.11 Å². The van der Waals surface area contributed by atoms with Gasteiger partial charge in [0.05, 0.1) is 6.61 Å². The lowest BCUT2D eigenvalue weighted by atomic mass is 10.3. The maximum Gasteiger partial charge on any atom is 0.226 e. The molecule has 0 aliphatic heterocycles. The van der Waals surface area contributed by atoms with Gasteiger partial charge in [0.1, 0.15) is 6.33 Å². The molecule has 3 N–H and O–H groups in total. The fourth-order valence-electron chi connectivity index (χ4n) is 2.21. The first kappa shape index (κ1) is 14.3. The Hall–Kier alpha value is -2.67. The first-order valence-corrected chi connectivity index (χ1v) is 7.22. The lowest BCUT2D eigenvalue weighted by Crippen LogP contribution is -2.11. The second kappa shape index (κ2) is 6.40. The van der Waals surface area contributed by atoms with E-state index in [1.54, 1.807) is 6.33 Å². The molecule has 3 aromatic rings.